The third kappa shape index (κ3) is 2.66. The molecule has 0 saturated carbocycles. The van der Waals surface area contributed by atoms with Gasteiger partial charge in [0.2, 0.25) is 0 Å². The van der Waals surface area contributed by atoms with Crippen molar-refractivity contribution in [1.29, 1.82) is 0 Å². The van der Waals surface area contributed by atoms with Crippen LogP contribution >= 0.6 is 11.3 Å². The lowest BCUT2D eigenvalue weighted by Crippen LogP contribution is -1.66. The summed E-state index contributed by atoms with van der Waals surface area (Å²) in [5, 5.41) is 2.02. The van der Waals surface area contributed by atoms with Crippen molar-refractivity contribution in [1.82, 2.24) is 9.38 Å². The van der Waals surface area contributed by atoms with Gasteiger partial charge in [-0.25, -0.2) is 4.98 Å². The van der Waals surface area contributed by atoms with Crippen LogP contribution in [-0.2, 0) is 0 Å². The molecule has 2 aromatic heterocycles. The molecule has 2 aromatic rings. The van der Waals surface area contributed by atoms with Gasteiger partial charge in [-0.15, -0.1) is 11.3 Å². The fourth-order valence-electron chi connectivity index (χ4n) is 0.661. The van der Waals surface area contributed by atoms with Gasteiger partial charge in [-0.05, 0) is 0 Å². The first kappa shape index (κ1) is 11.2. The first-order valence-electron chi connectivity index (χ1n) is 4.33. The molecule has 0 bridgehead atoms. The Labute approximate surface area is 77.9 Å². The van der Waals surface area contributed by atoms with E-state index in [9.17, 15) is 0 Å². The van der Waals surface area contributed by atoms with Crippen molar-refractivity contribution in [3.63, 3.8) is 0 Å². The van der Waals surface area contributed by atoms with Crippen molar-refractivity contribution in [3.8, 4) is 0 Å². The van der Waals surface area contributed by atoms with E-state index >= 15 is 0 Å². The van der Waals surface area contributed by atoms with E-state index in [2.05, 4.69) is 4.98 Å². The number of hydrogen-bond acceptors (Lipinski definition) is 2. The molecule has 68 valence electrons. The Bertz CT molecular complexity index is 234. The van der Waals surface area contributed by atoms with Crippen LogP contribution < -0.4 is 0 Å². The van der Waals surface area contributed by atoms with Crippen molar-refractivity contribution < 1.29 is 0 Å². The van der Waals surface area contributed by atoms with Gasteiger partial charge in [0.25, 0.3) is 0 Å². The second-order valence-electron chi connectivity index (χ2n) is 1.52. The van der Waals surface area contributed by atoms with Crippen LogP contribution in [0.4, 0.5) is 0 Å². The highest BCUT2D eigenvalue weighted by Gasteiger charge is 1.88. The number of thiazole rings is 1. The standard InChI is InChI=1S/C5H4N2S.2C2H6/c1-2-7-3-4-8-5(7)6-1;2*1-2/h1-4H;2*1-2H3. The van der Waals surface area contributed by atoms with Gasteiger partial charge >= 0.3 is 0 Å². The lowest BCUT2D eigenvalue weighted by atomic mass is 10.9. The van der Waals surface area contributed by atoms with E-state index in [1.54, 1.807) is 17.5 Å². The topological polar surface area (TPSA) is 17.3 Å². The largest absolute Gasteiger partial charge is 0.298 e. The summed E-state index contributed by atoms with van der Waals surface area (Å²) in [7, 11) is 0. The molecule has 12 heavy (non-hydrogen) atoms. The van der Waals surface area contributed by atoms with Crippen LogP contribution in [0.25, 0.3) is 4.96 Å². The molecule has 0 radical (unpaired) electrons. The second kappa shape index (κ2) is 6.85. The monoisotopic (exact) mass is 184 g/mol. The van der Waals surface area contributed by atoms with E-state index in [1.807, 2.05) is 49.9 Å². The van der Waals surface area contributed by atoms with Crippen LogP contribution in [0.1, 0.15) is 27.7 Å². The molecular weight excluding hydrogens is 168 g/mol. The zero-order valence-electron chi connectivity index (χ0n) is 8.11. The van der Waals surface area contributed by atoms with E-state index < -0.39 is 0 Å². The van der Waals surface area contributed by atoms with E-state index in [-0.39, 0.29) is 0 Å². The van der Waals surface area contributed by atoms with E-state index in [1.165, 1.54) is 0 Å². The molecule has 0 aliphatic heterocycles. The van der Waals surface area contributed by atoms with Crippen LogP contribution in [0.2, 0.25) is 0 Å². The van der Waals surface area contributed by atoms with E-state index in [0.29, 0.717) is 0 Å². The molecule has 2 heterocycles. The van der Waals surface area contributed by atoms with Crippen LogP contribution in [-0.4, -0.2) is 9.38 Å². The summed E-state index contributed by atoms with van der Waals surface area (Å²) in [5.74, 6) is 0. The molecule has 0 unspecified atom stereocenters. The molecule has 0 amide bonds. The van der Waals surface area contributed by atoms with Gasteiger partial charge in [-0.3, -0.25) is 4.40 Å². The first-order valence-corrected chi connectivity index (χ1v) is 5.21. The molecule has 0 fully saturated rings. The van der Waals surface area contributed by atoms with Gasteiger partial charge in [0.15, 0.2) is 4.96 Å². The Morgan fingerprint density at radius 3 is 2.42 bits per heavy atom. The molecule has 2 rings (SSSR count). The van der Waals surface area contributed by atoms with E-state index in [4.69, 9.17) is 0 Å². The molecular formula is C9H16N2S. The Morgan fingerprint density at radius 2 is 1.83 bits per heavy atom. The number of aromatic nitrogens is 2. The van der Waals surface area contributed by atoms with Gasteiger partial charge in [0, 0.05) is 24.0 Å². The molecule has 0 aromatic carbocycles. The summed E-state index contributed by atoms with van der Waals surface area (Å²) < 4.78 is 1.99. The van der Waals surface area contributed by atoms with Crippen LogP contribution in [0.3, 0.4) is 0 Å². The predicted molar refractivity (Wildman–Crippen MR) is 55.8 cm³/mol. The zero-order chi connectivity index (χ0) is 9.40. The first-order chi connectivity index (χ1) is 5.97. The minimum absolute atomic E-state index is 1.06. The SMILES string of the molecule is CC.CC.c1cn2ccsc2n1. The normalized spacial score (nSPS) is 8.00. The number of rotatable bonds is 0. The summed E-state index contributed by atoms with van der Waals surface area (Å²) in [5.41, 5.74) is 0. The fourth-order valence-corrected chi connectivity index (χ4v) is 1.34. The summed E-state index contributed by atoms with van der Waals surface area (Å²) in [6.07, 6.45) is 5.73. The second-order valence-corrected chi connectivity index (χ2v) is 2.39. The van der Waals surface area contributed by atoms with Crippen molar-refractivity contribution >= 4 is 16.3 Å². The van der Waals surface area contributed by atoms with Gasteiger partial charge in [-0.2, -0.15) is 0 Å². The average Bonchev–Trinajstić information content (AvgIpc) is 2.72. The maximum absolute atomic E-state index is 4.06. The molecule has 0 spiro atoms. The number of fused-ring (bicyclic) bond motifs is 1. The highest BCUT2D eigenvalue weighted by atomic mass is 32.1. The maximum atomic E-state index is 4.06. The molecule has 0 aliphatic rings. The Kier molecular flexibility index (Phi) is 6.38. The molecule has 2 nitrogen and oxygen atoms in total. The molecule has 0 atom stereocenters. The molecule has 0 aliphatic carbocycles. The number of imidazole rings is 1. The quantitative estimate of drug-likeness (QED) is 0.613. The summed E-state index contributed by atoms with van der Waals surface area (Å²) in [4.78, 5) is 5.12. The Balaban J connectivity index is 0.000000269. The Hall–Kier alpha value is -0.830. The maximum Gasteiger partial charge on any atom is 0.193 e. The highest BCUT2D eigenvalue weighted by molar-refractivity contribution is 7.15. The van der Waals surface area contributed by atoms with Gasteiger partial charge < -0.3 is 0 Å². The minimum Gasteiger partial charge on any atom is -0.298 e. The molecule has 0 saturated heterocycles. The summed E-state index contributed by atoms with van der Waals surface area (Å²) in [6.45, 7) is 8.00. The fraction of sp³-hybridized carbons (Fsp3) is 0.444. The van der Waals surface area contributed by atoms with Crippen LogP contribution in [0.5, 0.6) is 0 Å². The lowest BCUT2D eigenvalue weighted by molar-refractivity contribution is 1.23. The average molecular weight is 184 g/mol. The third-order valence-corrected chi connectivity index (χ3v) is 1.81. The number of hydrogen-bond donors (Lipinski definition) is 0. The third-order valence-electron chi connectivity index (χ3n) is 1.03. The van der Waals surface area contributed by atoms with Crippen molar-refractivity contribution in [2.45, 2.75) is 27.7 Å². The van der Waals surface area contributed by atoms with Gasteiger partial charge in [-0.1, -0.05) is 27.7 Å². The predicted octanol–water partition coefficient (Wildman–Crippen LogP) is 3.45. The molecule has 0 N–H and O–H groups in total. The van der Waals surface area contributed by atoms with E-state index in [0.717, 1.165) is 4.96 Å². The smallest absolute Gasteiger partial charge is 0.193 e. The zero-order valence-corrected chi connectivity index (χ0v) is 8.93. The number of nitrogens with zero attached hydrogens (tertiary/aromatic N) is 2. The van der Waals surface area contributed by atoms with Crippen LogP contribution in [0.15, 0.2) is 24.0 Å². The van der Waals surface area contributed by atoms with Crippen molar-refractivity contribution in [3.05, 3.63) is 24.0 Å². The summed E-state index contributed by atoms with van der Waals surface area (Å²) >= 11 is 1.65. The van der Waals surface area contributed by atoms with Gasteiger partial charge in [0.1, 0.15) is 0 Å². The Morgan fingerprint density at radius 1 is 1.17 bits per heavy atom. The van der Waals surface area contributed by atoms with Gasteiger partial charge in [0.05, 0.1) is 0 Å². The van der Waals surface area contributed by atoms with Crippen molar-refractivity contribution in [2.75, 3.05) is 0 Å². The molecule has 3 heteroatoms. The van der Waals surface area contributed by atoms with Crippen LogP contribution in [0, 0.1) is 0 Å². The van der Waals surface area contributed by atoms with Crippen molar-refractivity contribution in [2.24, 2.45) is 0 Å². The minimum atomic E-state index is 1.06. The lowest BCUT2D eigenvalue weighted by Gasteiger charge is -1.71. The summed E-state index contributed by atoms with van der Waals surface area (Å²) in [6, 6.07) is 0. The highest BCUT2D eigenvalue weighted by Crippen LogP contribution is 2.06.